The van der Waals surface area contributed by atoms with Gasteiger partial charge in [0.15, 0.2) is 0 Å². The highest BCUT2D eigenvalue weighted by molar-refractivity contribution is 5.95. The first kappa shape index (κ1) is 83.6. The molecule has 0 aliphatic carbocycles. The van der Waals surface area contributed by atoms with Gasteiger partial charge in [-0.1, -0.05) is 0 Å². The van der Waals surface area contributed by atoms with Crippen molar-refractivity contribution in [2.24, 2.45) is 0 Å². The van der Waals surface area contributed by atoms with E-state index >= 15 is 0 Å². The minimum atomic E-state index is 0. The van der Waals surface area contributed by atoms with Crippen molar-refractivity contribution in [2.45, 2.75) is 0 Å². The average Bonchev–Trinajstić information content (AvgIpc) is 1.00. The molecule has 0 amide bonds. The van der Waals surface area contributed by atoms with Crippen LogP contribution in [0, 0.1) is 0 Å². The van der Waals surface area contributed by atoms with Crippen LogP contribution in [-0.2, 0) is 0 Å². The molecule has 0 atom stereocenters. The molecule has 5 heteroatoms. The summed E-state index contributed by atoms with van der Waals surface area (Å²) in [4.78, 5) is 7.14. The van der Waals surface area contributed by atoms with Crippen molar-refractivity contribution < 1.29 is 18.9 Å². The summed E-state index contributed by atoms with van der Waals surface area (Å²) in [7, 11) is 0.306. The summed E-state index contributed by atoms with van der Waals surface area (Å²) >= 11 is 0. The van der Waals surface area contributed by atoms with Crippen LogP contribution in [0.1, 0.15) is 0 Å². The van der Waals surface area contributed by atoms with Gasteiger partial charge in [0.25, 0.3) is 0 Å². The summed E-state index contributed by atoms with van der Waals surface area (Å²) in [5.41, 5.74) is 0. The highest BCUT2D eigenvalue weighted by atomic mass is 28.2. The second-order valence-electron chi connectivity index (χ2n) is 0. The van der Waals surface area contributed by atoms with E-state index in [1.54, 1.807) is 0 Å². The van der Waals surface area contributed by atoms with Crippen LogP contribution in [0.25, 0.3) is 0 Å². The summed E-state index contributed by atoms with van der Waals surface area (Å²) in [5, 5.41) is 0. The quantitative estimate of drug-likeness (QED) is 0.383. The third-order valence-electron chi connectivity index (χ3n) is 0. The van der Waals surface area contributed by atoms with Gasteiger partial charge < -0.3 is 4.80 Å². The molecule has 0 unspecified atom stereocenters. The van der Waals surface area contributed by atoms with Crippen LogP contribution in [0.4, 0.5) is 14.1 Å². The predicted molar refractivity (Wildman–Crippen MR) is 19.7 cm³/mol. The minimum absolute atomic E-state index is 0. The maximum Gasteiger partial charge on any atom is 0.141 e. The van der Waals surface area contributed by atoms with Crippen molar-refractivity contribution in [1.29, 1.82) is 0 Å². The molecule has 0 saturated carbocycles. The SMILES string of the molecule is F.F.F.O[SiH3]. The second-order valence-corrected chi connectivity index (χ2v) is 0. The lowest BCUT2D eigenvalue weighted by Gasteiger charge is -1.19. The Morgan fingerprint density at radius 2 is 0.800 bits per heavy atom. The number of hydrogen-bond acceptors (Lipinski definition) is 1. The normalized spacial score (nSPS) is 1.80. The van der Waals surface area contributed by atoms with Gasteiger partial charge in [-0.3, -0.25) is 14.1 Å². The van der Waals surface area contributed by atoms with Gasteiger partial charge in [0.2, 0.25) is 0 Å². The predicted octanol–water partition coefficient (Wildman–Crippen LogP) is -1.28. The van der Waals surface area contributed by atoms with Crippen LogP contribution >= 0.6 is 0 Å². The summed E-state index contributed by atoms with van der Waals surface area (Å²) in [6, 6.07) is 0. The van der Waals surface area contributed by atoms with Crippen molar-refractivity contribution in [3.05, 3.63) is 0 Å². The third kappa shape index (κ3) is 14000. The van der Waals surface area contributed by atoms with Gasteiger partial charge in [-0.2, -0.15) is 0 Å². The lowest BCUT2D eigenvalue weighted by Crippen LogP contribution is -1.34. The van der Waals surface area contributed by atoms with Crippen molar-refractivity contribution >= 4 is 10.5 Å². The van der Waals surface area contributed by atoms with Crippen molar-refractivity contribution in [1.82, 2.24) is 0 Å². The summed E-state index contributed by atoms with van der Waals surface area (Å²) in [6.45, 7) is 0. The molecule has 5 heavy (non-hydrogen) atoms. The zero-order valence-corrected chi connectivity index (χ0v) is 4.67. The summed E-state index contributed by atoms with van der Waals surface area (Å²) < 4.78 is 0. The van der Waals surface area contributed by atoms with E-state index in [0.717, 1.165) is 0 Å². The van der Waals surface area contributed by atoms with E-state index in [9.17, 15) is 0 Å². The number of rotatable bonds is 0. The smallest absolute Gasteiger partial charge is 0.141 e. The largest absolute Gasteiger partial charge is 0.442 e. The molecule has 1 nitrogen and oxygen atoms in total. The van der Waals surface area contributed by atoms with Gasteiger partial charge in [0, 0.05) is 0 Å². The van der Waals surface area contributed by atoms with Gasteiger partial charge in [-0.15, -0.1) is 0 Å². The Balaban J connectivity index is -0.00000000167. The van der Waals surface area contributed by atoms with Crippen molar-refractivity contribution in [3.63, 3.8) is 0 Å². The van der Waals surface area contributed by atoms with Crippen LogP contribution in [0.5, 0.6) is 0 Å². The Kier molecular flexibility index (Phi) is 532000. The maximum atomic E-state index is 7.14. The molecule has 0 saturated heterocycles. The minimum Gasteiger partial charge on any atom is -0.442 e. The zero-order chi connectivity index (χ0) is 2.00. The monoisotopic (exact) mass is 108 g/mol. The highest BCUT2D eigenvalue weighted by Gasteiger charge is 0.891. The number of hydrogen-bond donors (Lipinski definition) is 1. The van der Waals surface area contributed by atoms with E-state index in [-0.39, 0.29) is 14.1 Å². The lowest BCUT2D eigenvalue weighted by molar-refractivity contribution is 0.629. The Morgan fingerprint density at radius 1 is 0.800 bits per heavy atom. The molecular formula is H7F3OSi. The van der Waals surface area contributed by atoms with E-state index in [1.165, 1.54) is 0 Å². The van der Waals surface area contributed by atoms with Gasteiger partial charge in [-0.05, 0) is 0 Å². The third-order valence-corrected chi connectivity index (χ3v) is 0. The van der Waals surface area contributed by atoms with E-state index in [0.29, 0.717) is 10.5 Å². The Morgan fingerprint density at radius 3 is 0.800 bits per heavy atom. The molecule has 0 aliphatic rings. The van der Waals surface area contributed by atoms with Gasteiger partial charge >= 0.3 is 0 Å². The van der Waals surface area contributed by atoms with Crippen LogP contribution < -0.4 is 0 Å². The van der Waals surface area contributed by atoms with E-state index < -0.39 is 0 Å². The molecular weight excluding hydrogens is 101 g/mol. The molecule has 0 bridgehead atoms. The molecule has 0 fully saturated rings. The van der Waals surface area contributed by atoms with Crippen LogP contribution in [0.3, 0.4) is 0 Å². The summed E-state index contributed by atoms with van der Waals surface area (Å²) in [5.74, 6) is 0. The topological polar surface area (TPSA) is 20.2 Å². The molecule has 0 radical (unpaired) electrons. The van der Waals surface area contributed by atoms with Crippen molar-refractivity contribution in [2.75, 3.05) is 0 Å². The van der Waals surface area contributed by atoms with E-state index in [1.807, 2.05) is 0 Å². The first-order chi connectivity index (χ1) is 1.00. The van der Waals surface area contributed by atoms with Gasteiger partial charge in [0.1, 0.15) is 10.5 Å². The number of halogens is 3. The maximum absolute atomic E-state index is 7.14. The molecule has 0 rings (SSSR count). The molecule has 1 N–H and O–H groups in total. The summed E-state index contributed by atoms with van der Waals surface area (Å²) in [6.07, 6.45) is 0. The molecule has 0 aromatic carbocycles. The average molecular weight is 108 g/mol. The Labute approximate surface area is 30.6 Å². The highest BCUT2D eigenvalue weighted by Crippen LogP contribution is 0.666. The first-order valence-corrected chi connectivity index (χ1v) is 1.34. The molecule has 38 valence electrons. The lowest BCUT2D eigenvalue weighted by atomic mass is 15.9. The zero-order valence-electron chi connectivity index (χ0n) is 2.67. The van der Waals surface area contributed by atoms with Crippen LogP contribution in [0.2, 0.25) is 0 Å². The second kappa shape index (κ2) is 31800. The Hall–Kier alpha value is -0.0331. The standard InChI is InChI=1S/3FH.H4OSi/c;;;1-2/h3*1H;1H,2H3. The van der Waals surface area contributed by atoms with Crippen LogP contribution in [-0.4, -0.2) is 15.3 Å². The van der Waals surface area contributed by atoms with E-state index in [2.05, 4.69) is 0 Å². The van der Waals surface area contributed by atoms with Crippen molar-refractivity contribution in [3.8, 4) is 0 Å². The molecule has 0 aromatic rings. The fourth-order valence-corrected chi connectivity index (χ4v) is 0. The fourth-order valence-electron chi connectivity index (χ4n) is 0. The molecule has 0 spiro atoms. The first-order valence-electron chi connectivity index (χ1n) is 0.447. The fraction of sp³-hybridized carbons (Fsp3) is 0. The van der Waals surface area contributed by atoms with Crippen LogP contribution in [0.15, 0.2) is 0 Å². The van der Waals surface area contributed by atoms with E-state index in [4.69, 9.17) is 4.80 Å². The van der Waals surface area contributed by atoms with Gasteiger partial charge in [0.05, 0.1) is 0 Å². The molecule has 0 aromatic heterocycles. The Bertz CT molecular complexity index is 6.85. The molecule has 0 aliphatic heterocycles. The molecule has 0 heterocycles. The van der Waals surface area contributed by atoms with Gasteiger partial charge in [-0.25, -0.2) is 0 Å².